The molecule has 0 saturated carbocycles. The number of rotatable bonds is 3. The smallest absolute Gasteiger partial charge is 0.155 e. The van der Waals surface area contributed by atoms with Crippen LogP contribution in [0.2, 0.25) is 0 Å². The van der Waals surface area contributed by atoms with Crippen LogP contribution in [0.15, 0.2) is 18.9 Å². The van der Waals surface area contributed by atoms with Crippen molar-refractivity contribution >= 4 is 0 Å². The summed E-state index contributed by atoms with van der Waals surface area (Å²) in [5.74, 6) is 0.891. The van der Waals surface area contributed by atoms with Crippen LogP contribution in [0.3, 0.4) is 0 Å². The lowest BCUT2D eigenvalue weighted by atomic mass is 10.3. The Hall–Kier alpha value is -1.69. The van der Waals surface area contributed by atoms with Crippen molar-refractivity contribution in [3.05, 3.63) is 30.4 Å². The van der Waals surface area contributed by atoms with Gasteiger partial charge in [-0.2, -0.15) is 0 Å². The topological polar surface area (TPSA) is 74.5 Å². The second-order valence-electron chi connectivity index (χ2n) is 3.47. The molecule has 2 heterocycles. The van der Waals surface area contributed by atoms with Crippen LogP contribution in [0, 0.1) is 0 Å². The molecule has 0 aromatic carbocycles. The van der Waals surface area contributed by atoms with Gasteiger partial charge in [-0.25, -0.2) is 4.98 Å². The average Bonchev–Trinajstić information content (AvgIpc) is 2.84. The van der Waals surface area contributed by atoms with Crippen molar-refractivity contribution in [1.82, 2.24) is 24.3 Å². The predicted octanol–water partition coefficient (Wildman–Crippen LogP) is 0.0796. The van der Waals surface area contributed by atoms with Crippen molar-refractivity contribution in [2.75, 3.05) is 0 Å². The van der Waals surface area contributed by atoms with Crippen LogP contribution in [0.25, 0.3) is 0 Å². The van der Waals surface area contributed by atoms with Crippen molar-refractivity contribution in [2.45, 2.75) is 19.5 Å². The quantitative estimate of drug-likeness (QED) is 0.771. The summed E-state index contributed by atoms with van der Waals surface area (Å²) in [6, 6.07) is 0.0959. The van der Waals surface area contributed by atoms with Crippen molar-refractivity contribution in [1.29, 1.82) is 0 Å². The van der Waals surface area contributed by atoms with Crippen LogP contribution in [0.4, 0.5) is 0 Å². The molecule has 0 radical (unpaired) electrons. The van der Waals surface area contributed by atoms with E-state index in [2.05, 4.69) is 15.2 Å². The molecule has 0 aliphatic carbocycles. The van der Waals surface area contributed by atoms with Crippen molar-refractivity contribution in [2.24, 2.45) is 12.8 Å². The molecule has 6 heteroatoms. The Kier molecular flexibility index (Phi) is 2.51. The Morgan fingerprint density at radius 1 is 1.47 bits per heavy atom. The lowest BCUT2D eigenvalue weighted by Gasteiger charge is -2.14. The van der Waals surface area contributed by atoms with E-state index >= 15 is 0 Å². The first-order valence-corrected chi connectivity index (χ1v) is 4.78. The molecule has 80 valence electrons. The third kappa shape index (κ3) is 1.63. The minimum atomic E-state index is 0.0959. The number of aromatic nitrogens is 5. The van der Waals surface area contributed by atoms with E-state index in [-0.39, 0.29) is 6.04 Å². The summed E-state index contributed by atoms with van der Waals surface area (Å²) in [6.45, 7) is 2.52. The molecule has 2 aromatic rings. The standard InChI is InChI=1S/C9H14N6/c1-7(9-13-12-6-14(9)2)15-5-11-4-8(15)3-10/h4-7H,3,10H2,1-2H3. The molecule has 0 saturated heterocycles. The van der Waals surface area contributed by atoms with E-state index in [4.69, 9.17) is 5.73 Å². The monoisotopic (exact) mass is 206 g/mol. The zero-order chi connectivity index (χ0) is 10.8. The van der Waals surface area contributed by atoms with E-state index < -0.39 is 0 Å². The van der Waals surface area contributed by atoms with E-state index in [1.165, 1.54) is 0 Å². The van der Waals surface area contributed by atoms with Crippen LogP contribution < -0.4 is 5.73 Å². The summed E-state index contributed by atoms with van der Waals surface area (Å²) in [6.07, 6.45) is 5.22. The highest BCUT2D eigenvalue weighted by molar-refractivity contribution is 5.05. The van der Waals surface area contributed by atoms with Gasteiger partial charge < -0.3 is 14.9 Å². The molecule has 15 heavy (non-hydrogen) atoms. The van der Waals surface area contributed by atoms with Gasteiger partial charge in [-0.1, -0.05) is 0 Å². The van der Waals surface area contributed by atoms with Gasteiger partial charge in [0.15, 0.2) is 5.82 Å². The predicted molar refractivity (Wildman–Crippen MR) is 54.9 cm³/mol. The molecule has 0 aliphatic heterocycles. The maximum atomic E-state index is 5.62. The zero-order valence-corrected chi connectivity index (χ0v) is 8.83. The second kappa shape index (κ2) is 3.82. The molecule has 0 bridgehead atoms. The van der Waals surface area contributed by atoms with Gasteiger partial charge in [0.2, 0.25) is 0 Å². The summed E-state index contributed by atoms with van der Waals surface area (Å²) >= 11 is 0. The van der Waals surface area contributed by atoms with Crippen LogP contribution >= 0.6 is 0 Å². The van der Waals surface area contributed by atoms with Crippen LogP contribution in [-0.4, -0.2) is 24.3 Å². The number of hydrogen-bond donors (Lipinski definition) is 1. The van der Waals surface area contributed by atoms with E-state index in [1.54, 1.807) is 18.9 Å². The summed E-state index contributed by atoms with van der Waals surface area (Å²) in [5, 5.41) is 7.93. The van der Waals surface area contributed by atoms with Gasteiger partial charge in [-0.05, 0) is 6.92 Å². The summed E-state index contributed by atoms with van der Waals surface area (Å²) in [4.78, 5) is 4.08. The molecule has 0 fully saturated rings. The minimum absolute atomic E-state index is 0.0959. The number of hydrogen-bond acceptors (Lipinski definition) is 4. The largest absolute Gasteiger partial charge is 0.325 e. The molecule has 2 N–H and O–H groups in total. The fourth-order valence-corrected chi connectivity index (χ4v) is 1.63. The molecular formula is C9H14N6. The number of nitrogens with zero attached hydrogens (tertiary/aromatic N) is 5. The lowest BCUT2D eigenvalue weighted by Crippen LogP contribution is -2.15. The molecule has 1 atom stereocenters. The first-order chi connectivity index (χ1) is 7.24. The van der Waals surface area contributed by atoms with Crippen LogP contribution in [0.5, 0.6) is 0 Å². The summed E-state index contributed by atoms with van der Waals surface area (Å²) < 4.78 is 3.90. The molecule has 2 aromatic heterocycles. The zero-order valence-electron chi connectivity index (χ0n) is 8.83. The molecule has 0 amide bonds. The highest BCUT2D eigenvalue weighted by Gasteiger charge is 2.15. The van der Waals surface area contributed by atoms with Gasteiger partial charge in [0, 0.05) is 19.8 Å². The highest BCUT2D eigenvalue weighted by atomic mass is 15.3. The minimum Gasteiger partial charge on any atom is -0.325 e. The first kappa shape index (κ1) is 9.85. The fourth-order valence-electron chi connectivity index (χ4n) is 1.63. The number of imidazole rings is 1. The summed E-state index contributed by atoms with van der Waals surface area (Å²) in [7, 11) is 1.92. The van der Waals surface area contributed by atoms with E-state index in [0.717, 1.165) is 11.5 Å². The van der Waals surface area contributed by atoms with Crippen LogP contribution in [0.1, 0.15) is 24.5 Å². The van der Waals surface area contributed by atoms with Gasteiger partial charge in [0.1, 0.15) is 6.33 Å². The molecule has 1 unspecified atom stereocenters. The van der Waals surface area contributed by atoms with Gasteiger partial charge in [-0.15, -0.1) is 10.2 Å². The molecular weight excluding hydrogens is 192 g/mol. The summed E-state index contributed by atoms with van der Waals surface area (Å²) in [5.41, 5.74) is 6.61. The molecule has 6 nitrogen and oxygen atoms in total. The Morgan fingerprint density at radius 3 is 2.87 bits per heavy atom. The van der Waals surface area contributed by atoms with Gasteiger partial charge in [-0.3, -0.25) is 0 Å². The Labute approximate surface area is 87.8 Å². The van der Waals surface area contributed by atoms with Gasteiger partial charge >= 0.3 is 0 Å². The van der Waals surface area contributed by atoms with E-state index in [9.17, 15) is 0 Å². The maximum absolute atomic E-state index is 5.62. The fraction of sp³-hybridized carbons (Fsp3) is 0.444. The third-order valence-corrected chi connectivity index (χ3v) is 2.49. The maximum Gasteiger partial charge on any atom is 0.155 e. The van der Waals surface area contributed by atoms with E-state index in [1.807, 2.05) is 23.1 Å². The van der Waals surface area contributed by atoms with Crippen LogP contribution in [-0.2, 0) is 13.6 Å². The first-order valence-electron chi connectivity index (χ1n) is 4.78. The third-order valence-electron chi connectivity index (χ3n) is 2.49. The molecule has 0 spiro atoms. The van der Waals surface area contributed by atoms with Gasteiger partial charge in [0.25, 0.3) is 0 Å². The molecule has 0 aliphatic rings. The number of nitrogens with two attached hydrogens (primary N) is 1. The Balaban J connectivity index is 2.36. The number of aryl methyl sites for hydroxylation is 1. The van der Waals surface area contributed by atoms with Crippen molar-refractivity contribution < 1.29 is 0 Å². The van der Waals surface area contributed by atoms with Crippen molar-refractivity contribution in [3.63, 3.8) is 0 Å². The van der Waals surface area contributed by atoms with E-state index in [0.29, 0.717) is 6.54 Å². The highest BCUT2D eigenvalue weighted by Crippen LogP contribution is 2.16. The lowest BCUT2D eigenvalue weighted by molar-refractivity contribution is 0.554. The van der Waals surface area contributed by atoms with Crippen molar-refractivity contribution in [3.8, 4) is 0 Å². The second-order valence-corrected chi connectivity index (χ2v) is 3.47. The normalized spacial score (nSPS) is 13.0. The van der Waals surface area contributed by atoms with Gasteiger partial charge in [0.05, 0.1) is 18.1 Å². The molecule has 2 rings (SSSR count). The SMILES string of the molecule is CC(c1nncn1C)n1cncc1CN. The Bertz CT molecular complexity index is 443. The average molecular weight is 206 g/mol. The Morgan fingerprint density at radius 2 is 2.27 bits per heavy atom.